The molecule has 4 aliphatic heterocycles. The maximum atomic E-state index is 12.7. The van der Waals surface area contributed by atoms with Crippen LogP contribution in [0.4, 0.5) is 22.7 Å². The van der Waals surface area contributed by atoms with Crippen molar-refractivity contribution in [1.82, 2.24) is 15.1 Å². The smallest absolute Gasteiger partial charge is 0.249 e. The summed E-state index contributed by atoms with van der Waals surface area (Å²) in [5.74, 6) is -0.380. The van der Waals surface area contributed by atoms with Crippen molar-refractivity contribution < 1.29 is 14.4 Å². The zero-order chi connectivity index (χ0) is 38.8. The Bertz CT molecular complexity index is 2020. The molecule has 0 aliphatic carbocycles. The van der Waals surface area contributed by atoms with Gasteiger partial charge in [0.15, 0.2) is 0 Å². The largest absolute Gasteiger partial charge is 0.378 e. The Balaban J connectivity index is 0.832. The van der Waals surface area contributed by atoms with Gasteiger partial charge >= 0.3 is 0 Å². The number of benzene rings is 4. The molecule has 3 amide bonds. The lowest BCUT2D eigenvalue weighted by atomic mass is 9.89. The molecular formula is C45H52ClN7O3. The summed E-state index contributed by atoms with van der Waals surface area (Å²) in [6, 6.07) is 32.1. The highest BCUT2D eigenvalue weighted by molar-refractivity contribution is 6.30. The van der Waals surface area contributed by atoms with Crippen LogP contribution in [-0.4, -0.2) is 84.9 Å². The van der Waals surface area contributed by atoms with Crippen molar-refractivity contribution in [1.29, 1.82) is 0 Å². The molecule has 0 saturated carbocycles. The second kappa shape index (κ2) is 16.7. The summed E-state index contributed by atoms with van der Waals surface area (Å²) in [5, 5.41) is 10.1. The number of carbonyl (C=O) groups excluding carboxylic acids is 3. The maximum absolute atomic E-state index is 12.7. The molecule has 10 nitrogen and oxygen atoms in total. The first-order valence-electron chi connectivity index (χ1n) is 20.1. The number of carbonyl (C=O) groups is 3. The Morgan fingerprint density at radius 2 is 1.41 bits per heavy atom. The van der Waals surface area contributed by atoms with Crippen molar-refractivity contribution >= 4 is 52.1 Å². The number of nitrogens with one attached hydrogen (secondary N) is 3. The van der Waals surface area contributed by atoms with E-state index in [2.05, 4.69) is 92.2 Å². The maximum Gasteiger partial charge on any atom is 0.249 e. The molecule has 3 unspecified atom stereocenters. The van der Waals surface area contributed by atoms with E-state index < -0.39 is 0 Å². The molecule has 3 fully saturated rings. The summed E-state index contributed by atoms with van der Waals surface area (Å²) in [4.78, 5) is 46.0. The van der Waals surface area contributed by atoms with Gasteiger partial charge in [0.2, 0.25) is 17.7 Å². The lowest BCUT2D eigenvalue weighted by Gasteiger charge is -2.43. The number of rotatable bonds is 9. The fourth-order valence-corrected chi connectivity index (χ4v) is 9.17. The molecular weight excluding hydrogens is 722 g/mol. The normalized spacial score (nSPS) is 22.4. The topological polar surface area (TPSA) is 100 Å². The predicted molar refractivity (Wildman–Crippen MR) is 225 cm³/mol. The SMILES string of the molecule is CC(=O)N1c2ccc(-c3ccc(N4CCC(N5CCN(Cc6ccc(NC7CCC(=O)NC7=O)cc6)CC5)CC4)cc3)cc2C(Nc2ccc(Cl)cc2)CC1C. The van der Waals surface area contributed by atoms with E-state index in [9.17, 15) is 14.4 Å². The predicted octanol–water partition coefficient (Wildman–Crippen LogP) is 7.31. The van der Waals surface area contributed by atoms with Crippen LogP contribution in [0.1, 0.15) is 63.1 Å². The van der Waals surface area contributed by atoms with Gasteiger partial charge in [0, 0.05) is 99.0 Å². The average Bonchev–Trinajstić information content (AvgIpc) is 3.21. The van der Waals surface area contributed by atoms with Crippen LogP contribution in [0, 0.1) is 0 Å². The van der Waals surface area contributed by atoms with Crippen LogP contribution in [0.3, 0.4) is 0 Å². The quantitative estimate of drug-likeness (QED) is 0.153. The number of hydrogen-bond donors (Lipinski definition) is 3. The highest BCUT2D eigenvalue weighted by Crippen LogP contribution is 2.41. The molecule has 292 valence electrons. The minimum absolute atomic E-state index is 0.0640. The number of imide groups is 1. The van der Waals surface area contributed by atoms with Crippen LogP contribution >= 0.6 is 11.6 Å². The van der Waals surface area contributed by atoms with Gasteiger partial charge < -0.3 is 20.4 Å². The van der Waals surface area contributed by atoms with Gasteiger partial charge in [-0.1, -0.05) is 41.9 Å². The summed E-state index contributed by atoms with van der Waals surface area (Å²) in [6.07, 6.45) is 4.04. The molecule has 3 atom stereocenters. The van der Waals surface area contributed by atoms with Crippen LogP contribution in [0.15, 0.2) is 91.0 Å². The second-order valence-electron chi connectivity index (χ2n) is 15.9. The third kappa shape index (κ3) is 8.57. The van der Waals surface area contributed by atoms with Crippen LogP contribution in [0.25, 0.3) is 11.1 Å². The molecule has 0 spiro atoms. The standard InChI is InChI=1S/C45H52ClN7O3/c1-30-27-42(48-37-12-8-35(46)9-13-37)40-28-34(7-17-43(40)53(30)31(2)54)33-5-14-38(15-6-33)51-21-19-39(20-22-51)52-25-23-50(24-26-52)29-32-3-10-36(11-4-32)47-41-16-18-44(55)49-45(41)56/h3-15,17,28,30,39,41-42,47-48H,16,18-27,29H2,1-2H3,(H,49,55,56). The van der Waals surface area contributed by atoms with Crippen molar-refractivity contribution in [3.8, 4) is 11.1 Å². The first-order valence-corrected chi connectivity index (χ1v) is 20.5. The van der Waals surface area contributed by atoms with Crippen LogP contribution < -0.4 is 25.8 Å². The molecule has 0 aromatic heterocycles. The number of fused-ring (bicyclic) bond motifs is 1. The van der Waals surface area contributed by atoms with Crippen molar-refractivity contribution in [2.24, 2.45) is 0 Å². The Morgan fingerprint density at radius 3 is 2.07 bits per heavy atom. The first kappa shape index (κ1) is 38.0. The van der Waals surface area contributed by atoms with Gasteiger partial charge in [-0.3, -0.25) is 29.5 Å². The number of piperazine rings is 1. The van der Waals surface area contributed by atoms with Gasteiger partial charge in [-0.25, -0.2) is 0 Å². The summed E-state index contributed by atoms with van der Waals surface area (Å²) in [7, 11) is 0. The number of piperidine rings is 2. The number of amides is 3. The molecule has 11 heteroatoms. The van der Waals surface area contributed by atoms with Crippen molar-refractivity contribution in [3.63, 3.8) is 0 Å². The third-order valence-electron chi connectivity index (χ3n) is 12.1. The molecule has 4 heterocycles. The Kier molecular flexibility index (Phi) is 11.3. The highest BCUT2D eigenvalue weighted by atomic mass is 35.5. The molecule has 0 radical (unpaired) electrons. The minimum atomic E-state index is -0.365. The van der Waals surface area contributed by atoms with Gasteiger partial charge in [0.1, 0.15) is 6.04 Å². The zero-order valence-electron chi connectivity index (χ0n) is 32.3. The highest BCUT2D eigenvalue weighted by Gasteiger charge is 2.33. The summed E-state index contributed by atoms with van der Waals surface area (Å²) in [6.45, 7) is 11.1. The van der Waals surface area contributed by atoms with Crippen LogP contribution in [0.2, 0.25) is 5.02 Å². The minimum Gasteiger partial charge on any atom is -0.378 e. The lowest BCUT2D eigenvalue weighted by Crippen LogP contribution is -2.53. The molecule has 4 aromatic carbocycles. The summed E-state index contributed by atoms with van der Waals surface area (Å²) in [5.41, 5.74) is 8.87. The fourth-order valence-electron chi connectivity index (χ4n) is 9.04. The van der Waals surface area contributed by atoms with Crippen LogP contribution in [-0.2, 0) is 20.9 Å². The average molecular weight is 774 g/mol. The molecule has 8 rings (SSSR count). The fraction of sp³-hybridized carbons (Fsp3) is 0.400. The van der Waals surface area contributed by atoms with Crippen molar-refractivity contribution in [2.45, 2.75) is 76.7 Å². The Labute approximate surface area is 335 Å². The van der Waals surface area contributed by atoms with Crippen molar-refractivity contribution in [2.75, 3.05) is 59.7 Å². The van der Waals surface area contributed by atoms with Gasteiger partial charge in [-0.15, -0.1) is 0 Å². The molecule has 0 bridgehead atoms. The van der Waals surface area contributed by atoms with E-state index in [0.29, 0.717) is 23.9 Å². The third-order valence-corrected chi connectivity index (χ3v) is 12.4. The number of anilines is 4. The molecule has 56 heavy (non-hydrogen) atoms. The Hall–Kier alpha value is -4.90. The van der Waals surface area contributed by atoms with Gasteiger partial charge in [-0.2, -0.15) is 0 Å². The van der Waals surface area contributed by atoms with Gasteiger partial charge in [0.05, 0.1) is 6.04 Å². The van der Waals surface area contributed by atoms with Gasteiger partial charge in [0.25, 0.3) is 0 Å². The van der Waals surface area contributed by atoms with Crippen LogP contribution in [0.5, 0.6) is 0 Å². The van der Waals surface area contributed by atoms with Gasteiger partial charge in [-0.05, 0) is 116 Å². The molecule has 4 aromatic rings. The summed E-state index contributed by atoms with van der Waals surface area (Å²) >= 11 is 6.16. The Morgan fingerprint density at radius 1 is 0.768 bits per heavy atom. The first-order chi connectivity index (χ1) is 27.2. The second-order valence-corrected chi connectivity index (χ2v) is 16.3. The lowest BCUT2D eigenvalue weighted by molar-refractivity contribution is -0.133. The molecule has 3 N–H and O–H groups in total. The number of halogens is 1. The number of nitrogens with zero attached hydrogens (tertiary/aromatic N) is 4. The molecule has 3 saturated heterocycles. The monoisotopic (exact) mass is 773 g/mol. The van der Waals surface area contributed by atoms with E-state index in [1.54, 1.807) is 6.92 Å². The number of hydrogen-bond acceptors (Lipinski definition) is 8. The van der Waals surface area contributed by atoms with E-state index in [1.807, 2.05) is 41.3 Å². The van der Waals surface area contributed by atoms with E-state index >= 15 is 0 Å². The van der Waals surface area contributed by atoms with E-state index in [1.165, 1.54) is 29.7 Å². The zero-order valence-corrected chi connectivity index (χ0v) is 33.1. The molecule has 4 aliphatic rings. The van der Waals surface area contributed by atoms with E-state index in [0.717, 1.165) is 80.4 Å². The van der Waals surface area contributed by atoms with Crippen molar-refractivity contribution in [3.05, 3.63) is 107 Å². The van der Waals surface area contributed by atoms with E-state index in [4.69, 9.17) is 11.6 Å². The summed E-state index contributed by atoms with van der Waals surface area (Å²) < 4.78 is 0. The van der Waals surface area contributed by atoms with E-state index in [-0.39, 0.29) is 35.8 Å².